The van der Waals surface area contributed by atoms with Crippen LogP contribution >= 0.6 is 0 Å². The Kier molecular flexibility index (Phi) is 6.58. The smallest absolute Gasteiger partial charge is 0.185 e. The normalized spacial score (nSPS) is 11.0. The van der Waals surface area contributed by atoms with E-state index in [2.05, 4.69) is 0 Å². The lowest BCUT2D eigenvalue weighted by Gasteiger charge is -2.11. The Balaban J connectivity index is 1.99. The summed E-state index contributed by atoms with van der Waals surface area (Å²) in [4.78, 5) is 14.3. The average molecular weight is 325 g/mol. The standard InChI is InChI=1S/C20H23NO3/c1-21(2)13-14-24-19-6-4-5-17(15-19)20(22)12-9-16-7-10-18(23-3)11-8-16/h4-12,15H,13-14H2,1-3H3/b12-9+. The van der Waals surface area contributed by atoms with E-state index < -0.39 is 0 Å². The van der Waals surface area contributed by atoms with Gasteiger partial charge in [0, 0.05) is 12.1 Å². The van der Waals surface area contributed by atoms with Crippen LogP contribution < -0.4 is 9.47 Å². The summed E-state index contributed by atoms with van der Waals surface area (Å²) >= 11 is 0. The molecule has 2 rings (SSSR count). The molecule has 0 bridgehead atoms. The number of allylic oxidation sites excluding steroid dienone is 1. The first-order chi connectivity index (χ1) is 11.6. The van der Waals surface area contributed by atoms with Crippen LogP contribution in [-0.2, 0) is 0 Å². The van der Waals surface area contributed by atoms with Crippen LogP contribution in [0.1, 0.15) is 15.9 Å². The topological polar surface area (TPSA) is 38.8 Å². The van der Waals surface area contributed by atoms with Crippen molar-refractivity contribution < 1.29 is 14.3 Å². The van der Waals surface area contributed by atoms with Gasteiger partial charge in [-0.3, -0.25) is 4.79 Å². The van der Waals surface area contributed by atoms with Crippen LogP contribution in [-0.4, -0.2) is 45.0 Å². The first kappa shape index (κ1) is 17.8. The number of ether oxygens (including phenoxy) is 2. The third-order valence-corrected chi connectivity index (χ3v) is 3.47. The first-order valence-electron chi connectivity index (χ1n) is 7.82. The van der Waals surface area contributed by atoms with Crippen LogP contribution in [0.4, 0.5) is 0 Å². The minimum Gasteiger partial charge on any atom is -0.497 e. The monoisotopic (exact) mass is 325 g/mol. The maximum atomic E-state index is 12.3. The highest BCUT2D eigenvalue weighted by Gasteiger charge is 2.04. The number of methoxy groups -OCH3 is 1. The number of rotatable bonds is 8. The highest BCUT2D eigenvalue weighted by Crippen LogP contribution is 2.16. The molecule has 0 aliphatic carbocycles. The molecular formula is C20H23NO3. The second kappa shape index (κ2) is 8.89. The molecule has 0 unspecified atom stereocenters. The average Bonchev–Trinajstić information content (AvgIpc) is 2.60. The minimum absolute atomic E-state index is 0.0520. The summed E-state index contributed by atoms with van der Waals surface area (Å²) in [6, 6.07) is 14.8. The van der Waals surface area contributed by atoms with E-state index in [4.69, 9.17) is 9.47 Å². The van der Waals surface area contributed by atoms with Gasteiger partial charge >= 0.3 is 0 Å². The molecule has 0 saturated heterocycles. The summed E-state index contributed by atoms with van der Waals surface area (Å²) in [6.07, 6.45) is 3.36. The van der Waals surface area contributed by atoms with Crippen molar-refractivity contribution in [2.45, 2.75) is 0 Å². The van der Waals surface area contributed by atoms with E-state index in [1.807, 2.05) is 55.4 Å². The van der Waals surface area contributed by atoms with Crippen LogP contribution in [0.25, 0.3) is 6.08 Å². The number of ketones is 1. The highest BCUT2D eigenvalue weighted by atomic mass is 16.5. The van der Waals surface area contributed by atoms with E-state index in [9.17, 15) is 4.79 Å². The van der Waals surface area contributed by atoms with Gasteiger partial charge < -0.3 is 14.4 Å². The maximum Gasteiger partial charge on any atom is 0.185 e. The number of carbonyl (C=O) groups excluding carboxylic acids is 1. The maximum absolute atomic E-state index is 12.3. The van der Waals surface area contributed by atoms with Crippen molar-refractivity contribution in [3.8, 4) is 11.5 Å². The summed E-state index contributed by atoms with van der Waals surface area (Å²) in [7, 11) is 5.61. The van der Waals surface area contributed by atoms with Crippen molar-refractivity contribution in [2.24, 2.45) is 0 Å². The number of nitrogens with zero attached hydrogens (tertiary/aromatic N) is 1. The molecule has 126 valence electrons. The third-order valence-electron chi connectivity index (χ3n) is 3.47. The van der Waals surface area contributed by atoms with Crippen molar-refractivity contribution in [3.05, 3.63) is 65.7 Å². The van der Waals surface area contributed by atoms with Crippen LogP contribution in [0, 0.1) is 0 Å². The van der Waals surface area contributed by atoms with Crippen molar-refractivity contribution in [1.82, 2.24) is 4.90 Å². The molecule has 0 radical (unpaired) electrons. The van der Waals surface area contributed by atoms with Crippen molar-refractivity contribution in [2.75, 3.05) is 34.4 Å². The zero-order valence-electron chi connectivity index (χ0n) is 14.4. The SMILES string of the molecule is COc1ccc(/C=C/C(=O)c2cccc(OCCN(C)C)c2)cc1. The zero-order valence-corrected chi connectivity index (χ0v) is 14.4. The molecule has 0 fully saturated rings. The fourth-order valence-electron chi connectivity index (χ4n) is 2.07. The predicted octanol–water partition coefficient (Wildman–Crippen LogP) is 3.53. The van der Waals surface area contributed by atoms with E-state index in [0.29, 0.717) is 17.9 Å². The van der Waals surface area contributed by atoms with Gasteiger partial charge in [-0.15, -0.1) is 0 Å². The number of hydrogen-bond acceptors (Lipinski definition) is 4. The van der Waals surface area contributed by atoms with Gasteiger partial charge in [-0.25, -0.2) is 0 Å². The fourth-order valence-corrected chi connectivity index (χ4v) is 2.07. The van der Waals surface area contributed by atoms with Gasteiger partial charge in [-0.1, -0.05) is 30.3 Å². The van der Waals surface area contributed by atoms with E-state index >= 15 is 0 Å². The van der Waals surface area contributed by atoms with Crippen LogP contribution in [0.3, 0.4) is 0 Å². The lowest BCUT2D eigenvalue weighted by Crippen LogP contribution is -2.19. The summed E-state index contributed by atoms with van der Waals surface area (Å²) < 4.78 is 10.8. The summed E-state index contributed by atoms with van der Waals surface area (Å²) in [5.41, 5.74) is 1.56. The van der Waals surface area contributed by atoms with E-state index in [0.717, 1.165) is 17.9 Å². The quantitative estimate of drug-likeness (QED) is 0.550. The predicted molar refractivity (Wildman–Crippen MR) is 96.8 cm³/mol. The lowest BCUT2D eigenvalue weighted by molar-refractivity contribution is 0.104. The molecule has 0 spiro atoms. The Labute approximate surface area is 143 Å². The molecule has 0 amide bonds. The zero-order chi connectivity index (χ0) is 17.4. The van der Waals surface area contributed by atoms with E-state index in [1.54, 1.807) is 31.4 Å². The summed E-state index contributed by atoms with van der Waals surface area (Å²) in [5.74, 6) is 1.45. The molecule has 2 aromatic rings. The molecule has 4 nitrogen and oxygen atoms in total. The largest absolute Gasteiger partial charge is 0.497 e. The van der Waals surface area contributed by atoms with Gasteiger partial charge in [0.1, 0.15) is 18.1 Å². The fraction of sp³-hybridized carbons (Fsp3) is 0.250. The number of carbonyl (C=O) groups is 1. The molecule has 0 saturated carbocycles. The van der Waals surface area contributed by atoms with Crippen molar-refractivity contribution in [3.63, 3.8) is 0 Å². The van der Waals surface area contributed by atoms with Gasteiger partial charge in [0.15, 0.2) is 5.78 Å². The number of hydrogen-bond donors (Lipinski definition) is 0. The van der Waals surface area contributed by atoms with Gasteiger partial charge in [0.2, 0.25) is 0 Å². The second-order valence-corrected chi connectivity index (χ2v) is 5.65. The van der Waals surface area contributed by atoms with Crippen LogP contribution in [0.15, 0.2) is 54.6 Å². The van der Waals surface area contributed by atoms with E-state index in [-0.39, 0.29) is 5.78 Å². The Morgan fingerprint density at radius 1 is 1.08 bits per heavy atom. The molecule has 0 aliphatic heterocycles. The van der Waals surface area contributed by atoms with Gasteiger partial charge in [-0.2, -0.15) is 0 Å². The minimum atomic E-state index is -0.0520. The van der Waals surface area contributed by atoms with E-state index in [1.165, 1.54) is 0 Å². The molecule has 0 atom stereocenters. The Bertz CT molecular complexity index is 690. The molecular weight excluding hydrogens is 302 g/mol. The Hall–Kier alpha value is -2.59. The summed E-state index contributed by atoms with van der Waals surface area (Å²) in [5, 5.41) is 0. The first-order valence-corrected chi connectivity index (χ1v) is 7.82. The molecule has 0 heterocycles. The van der Waals surface area contributed by atoms with Gasteiger partial charge in [0.05, 0.1) is 7.11 Å². The summed E-state index contributed by atoms with van der Waals surface area (Å²) in [6.45, 7) is 1.42. The molecule has 0 aliphatic rings. The highest BCUT2D eigenvalue weighted by molar-refractivity contribution is 6.07. The van der Waals surface area contributed by atoms with Crippen LogP contribution in [0.2, 0.25) is 0 Å². The van der Waals surface area contributed by atoms with Crippen LogP contribution in [0.5, 0.6) is 11.5 Å². The lowest BCUT2D eigenvalue weighted by atomic mass is 10.1. The Morgan fingerprint density at radius 2 is 1.83 bits per heavy atom. The molecule has 24 heavy (non-hydrogen) atoms. The van der Waals surface area contributed by atoms with Crippen molar-refractivity contribution >= 4 is 11.9 Å². The van der Waals surface area contributed by atoms with Gasteiger partial charge in [0.25, 0.3) is 0 Å². The number of benzene rings is 2. The molecule has 4 heteroatoms. The number of likely N-dealkylation sites (N-methyl/N-ethyl adjacent to an activating group) is 1. The molecule has 0 aromatic heterocycles. The second-order valence-electron chi connectivity index (χ2n) is 5.65. The third kappa shape index (κ3) is 5.56. The molecule has 2 aromatic carbocycles. The molecule has 0 N–H and O–H groups in total. The Morgan fingerprint density at radius 3 is 2.50 bits per heavy atom. The van der Waals surface area contributed by atoms with Gasteiger partial charge in [-0.05, 0) is 50.0 Å². The van der Waals surface area contributed by atoms with Crippen molar-refractivity contribution in [1.29, 1.82) is 0 Å².